The van der Waals surface area contributed by atoms with Crippen LogP contribution in [0, 0.1) is 6.92 Å². The Balaban J connectivity index is 2.94. The smallest absolute Gasteiger partial charge is 0.251 e. The number of aromatic nitrogens is 2. The molecule has 0 amide bonds. The molecule has 0 saturated heterocycles. The Morgan fingerprint density at radius 3 is 2.92 bits per heavy atom. The minimum atomic E-state index is -0.155. The fraction of sp³-hybridized carbons (Fsp3) is 0.556. The summed E-state index contributed by atoms with van der Waals surface area (Å²) in [7, 11) is 0. The molecule has 4 nitrogen and oxygen atoms in total. The molecule has 0 fully saturated rings. The topological polar surface area (TPSA) is 55.0 Å². The highest BCUT2D eigenvalue weighted by Gasteiger charge is 2.07. The highest BCUT2D eigenvalue weighted by Crippen LogP contribution is 2.09. The maximum atomic E-state index is 11.1. The molecule has 13 heavy (non-hydrogen) atoms. The molecule has 1 aromatic heterocycles. The Morgan fingerprint density at radius 1 is 1.69 bits per heavy atom. The zero-order valence-corrected chi connectivity index (χ0v) is 8.13. The summed E-state index contributed by atoms with van der Waals surface area (Å²) in [6, 6.07) is 1.46. The second-order valence-electron chi connectivity index (χ2n) is 2.87. The lowest BCUT2D eigenvalue weighted by molar-refractivity contribution is 0.0697. The summed E-state index contributed by atoms with van der Waals surface area (Å²) in [5.74, 6) is 0.590. The minimum Gasteiger partial charge on any atom is -0.371 e. The van der Waals surface area contributed by atoms with Crippen LogP contribution in [0.4, 0.5) is 0 Å². The van der Waals surface area contributed by atoms with Gasteiger partial charge in [0.25, 0.3) is 5.56 Å². The highest BCUT2D eigenvalue weighted by molar-refractivity contribution is 5.01. The van der Waals surface area contributed by atoms with Gasteiger partial charge in [0.2, 0.25) is 0 Å². The number of ether oxygens (including phenoxy) is 1. The van der Waals surface area contributed by atoms with E-state index in [9.17, 15) is 4.79 Å². The summed E-state index contributed by atoms with van der Waals surface area (Å²) < 4.78 is 5.31. The van der Waals surface area contributed by atoms with Crippen LogP contribution in [0.3, 0.4) is 0 Å². The molecule has 0 aliphatic carbocycles. The van der Waals surface area contributed by atoms with Crippen LogP contribution < -0.4 is 5.56 Å². The predicted molar refractivity (Wildman–Crippen MR) is 49.6 cm³/mol. The Hall–Kier alpha value is -1.16. The van der Waals surface area contributed by atoms with Gasteiger partial charge in [-0.25, -0.2) is 4.98 Å². The number of nitrogens with one attached hydrogen (secondary N) is 1. The molecule has 1 rings (SSSR count). The van der Waals surface area contributed by atoms with Gasteiger partial charge < -0.3 is 9.72 Å². The van der Waals surface area contributed by atoms with Crippen LogP contribution in [0.5, 0.6) is 0 Å². The van der Waals surface area contributed by atoms with Crippen LogP contribution in [0.15, 0.2) is 10.9 Å². The van der Waals surface area contributed by atoms with Crippen LogP contribution in [-0.2, 0) is 4.74 Å². The molecule has 72 valence electrons. The summed E-state index contributed by atoms with van der Waals surface area (Å²) in [6.45, 7) is 6.17. The number of hydrogen-bond acceptors (Lipinski definition) is 3. The Kier molecular flexibility index (Phi) is 3.19. The van der Waals surface area contributed by atoms with Gasteiger partial charge in [0, 0.05) is 18.4 Å². The van der Waals surface area contributed by atoms with E-state index in [-0.39, 0.29) is 11.7 Å². The van der Waals surface area contributed by atoms with Crippen LogP contribution in [0.25, 0.3) is 0 Å². The van der Waals surface area contributed by atoms with E-state index in [4.69, 9.17) is 4.74 Å². The standard InChI is InChI=1S/C9H14N2O2/c1-4-13-7(3)9-10-6(2)5-8(12)11-9/h5,7H,4H2,1-3H3,(H,10,11,12). The van der Waals surface area contributed by atoms with Gasteiger partial charge in [0.15, 0.2) is 0 Å². The van der Waals surface area contributed by atoms with Crippen molar-refractivity contribution < 1.29 is 4.74 Å². The molecular formula is C9H14N2O2. The number of aryl methyl sites for hydroxylation is 1. The molecule has 4 heteroatoms. The highest BCUT2D eigenvalue weighted by atomic mass is 16.5. The number of H-pyrrole nitrogens is 1. The summed E-state index contributed by atoms with van der Waals surface area (Å²) in [5, 5.41) is 0. The van der Waals surface area contributed by atoms with Gasteiger partial charge in [-0.3, -0.25) is 4.79 Å². The quantitative estimate of drug-likeness (QED) is 0.763. The third kappa shape index (κ3) is 2.66. The van der Waals surface area contributed by atoms with E-state index in [1.54, 1.807) is 6.92 Å². The van der Waals surface area contributed by atoms with Crippen LogP contribution >= 0.6 is 0 Å². The average molecular weight is 182 g/mol. The van der Waals surface area contributed by atoms with E-state index in [1.807, 2.05) is 13.8 Å². The summed E-state index contributed by atoms with van der Waals surface area (Å²) in [6.07, 6.45) is -0.155. The number of nitrogens with zero attached hydrogens (tertiary/aromatic N) is 1. The monoisotopic (exact) mass is 182 g/mol. The second kappa shape index (κ2) is 4.18. The maximum absolute atomic E-state index is 11.1. The molecule has 0 aliphatic rings. The maximum Gasteiger partial charge on any atom is 0.251 e. The molecule has 1 atom stereocenters. The van der Waals surface area contributed by atoms with E-state index in [1.165, 1.54) is 6.07 Å². The van der Waals surface area contributed by atoms with E-state index >= 15 is 0 Å². The molecule has 0 aromatic carbocycles. The molecule has 1 aromatic rings. The second-order valence-corrected chi connectivity index (χ2v) is 2.87. The lowest BCUT2D eigenvalue weighted by Gasteiger charge is -2.10. The van der Waals surface area contributed by atoms with Crippen LogP contribution in [-0.4, -0.2) is 16.6 Å². The zero-order chi connectivity index (χ0) is 9.84. The Bertz CT molecular complexity index is 333. The fourth-order valence-electron chi connectivity index (χ4n) is 1.12. The molecule has 1 heterocycles. The average Bonchev–Trinajstić information content (AvgIpc) is 2.03. The molecule has 0 radical (unpaired) electrons. The number of hydrogen-bond donors (Lipinski definition) is 1. The fourth-order valence-corrected chi connectivity index (χ4v) is 1.12. The van der Waals surface area contributed by atoms with Gasteiger partial charge >= 0.3 is 0 Å². The van der Waals surface area contributed by atoms with E-state index < -0.39 is 0 Å². The zero-order valence-electron chi connectivity index (χ0n) is 8.13. The molecule has 1 N–H and O–H groups in total. The third-order valence-electron chi connectivity index (χ3n) is 1.69. The van der Waals surface area contributed by atoms with E-state index in [2.05, 4.69) is 9.97 Å². The van der Waals surface area contributed by atoms with Crippen molar-refractivity contribution in [2.24, 2.45) is 0 Å². The van der Waals surface area contributed by atoms with Crippen molar-refractivity contribution in [2.75, 3.05) is 6.61 Å². The normalized spacial score (nSPS) is 12.8. The van der Waals surface area contributed by atoms with Gasteiger partial charge in [0.05, 0.1) is 0 Å². The Labute approximate surface area is 77.0 Å². The van der Waals surface area contributed by atoms with Gasteiger partial charge in [-0.2, -0.15) is 0 Å². The van der Waals surface area contributed by atoms with Crippen molar-refractivity contribution in [3.05, 3.63) is 27.9 Å². The van der Waals surface area contributed by atoms with Gasteiger partial charge in [0.1, 0.15) is 11.9 Å². The summed E-state index contributed by atoms with van der Waals surface area (Å²) >= 11 is 0. The van der Waals surface area contributed by atoms with E-state index in [0.29, 0.717) is 18.1 Å². The van der Waals surface area contributed by atoms with Crippen molar-refractivity contribution in [2.45, 2.75) is 26.9 Å². The van der Waals surface area contributed by atoms with Crippen molar-refractivity contribution in [1.29, 1.82) is 0 Å². The molecule has 0 spiro atoms. The largest absolute Gasteiger partial charge is 0.371 e. The first-order valence-electron chi connectivity index (χ1n) is 4.33. The SMILES string of the molecule is CCOC(C)c1nc(C)cc(=O)[nH]1. The lowest BCUT2D eigenvalue weighted by atomic mass is 10.3. The molecule has 0 bridgehead atoms. The molecule has 0 aliphatic heterocycles. The van der Waals surface area contributed by atoms with Gasteiger partial charge in [-0.05, 0) is 20.8 Å². The predicted octanol–water partition coefficient (Wildman–Crippen LogP) is 1.18. The molecule has 0 saturated carbocycles. The number of aromatic amines is 1. The van der Waals surface area contributed by atoms with Gasteiger partial charge in [-0.15, -0.1) is 0 Å². The molecular weight excluding hydrogens is 168 g/mol. The van der Waals surface area contributed by atoms with Crippen molar-refractivity contribution in [1.82, 2.24) is 9.97 Å². The van der Waals surface area contributed by atoms with Crippen molar-refractivity contribution in [3.8, 4) is 0 Å². The van der Waals surface area contributed by atoms with Crippen molar-refractivity contribution >= 4 is 0 Å². The minimum absolute atomic E-state index is 0.131. The third-order valence-corrected chi connectivity index (χ3v) is 1.69. The first-order chi connectivity index (χ1) is 6.13. The van der Waals surface area contributed by atoms with Gasteiger partial charge in [-0.1, -0.05) is 0 Å². The first-order valence-corrected chi connectivity index (χ1v) is 4.33. The first kappa shape index (κ1) is 9.92. The van der Waals surface area contributed by atoms with Crippen LogP contribution in [0.1, 0.15) is 31.5 Å². The van der Waals surface area contributed by atoms with Crippen LogP contribution in [0.2, 0.25) is 0 Å². The Morgan fingerprint density at radius 2 is 2.38 bits per heavy atom. The summed E-state index contributed by atoms with van der Waals surface area (Å²) in [4.78, 5) is 17.9. The number of rotatable bonds is 3. The van der Waals surface area contributed by atoms with Crippen molar-refractivity contribution in [3.63, 3.8) is 0 Å². The van der Waals surface area contributed by atoms with E-state index in [0.717, 1.165) is 0 Å². The summed E-state index contributed by atoms with van der Waals surface area (Å²) in [5.41, 5.74) is 0.583. The lowest BCUT2D eigenvalue weighted by Crippen LogP contribution is -2.14. The molecule has 1 unspecified atom stereocenters.